The van der Waals surface area contributed by atoms with Crippen molar-refractivity contribution in [2.75, 3.05) is 11.5 Å². The van der Waals surface area contributed by atoms with Crippen LogP contribution in [0, 0.1) is 0 Å². The summed E-state index contributed by atoms with van der Waals surface area (Å²) in [5.74, 6) is -4.90. The average Bonchev–Trinajstić information content (AvgIpc) is 2.73. The molecule has 0 aromatic rings. The van der Waals surface area contributed by atoms with Crippen LogP contribution in [0.5, 0.6) is 0 Å². The van der Waals surface area contributed by atoms with Crippen LogP contribution in [0.25, 0.3) is 0 Å². The normalized spacial score (nSPS) is 14.2. The SMILES string of the molecule is C=CC(=O)NC(CCC(NC(=O)C=C)C(CCC(CS(=O)(=O)[O-])NC(=O)C=C)S(=O)(=O)[O-])CS(=O)(=O)[O-].[Na+].[Na+].[Na+]. The predicted molar refractivity (Wildman–Crippen MR) is 127 cm³/mol. The molecule has 4 atom stereocenters. The number of rotatable bonds is 18. The third-order valence-corrected chi connectivity index (χ3v) is 7.76. The van der Waals surface area contributed by atoms with Gasteiger partial charge in [0.15, 0.2) is 0 Å². The molecular formula is C19H28N3Na3O12S3. The van der Waals surface area contributed by atoms with Gasteiger partial charge >= 0.3 is 88.7 Å². The summed E-state index contributed by atoms with van der Waals surface area (Å²) in [6, 6.07) is -4.31. The van der Waals surface area contributed by atoms with Gasteiger partial charge in [0, 0.05) is 18.1 Å². The fourth-order valence-electron chi connectivity index (χ4n) is 3.29. The third-order valence-electron chi connectivity index (χ3n) is 4.83. The van der Waals surface area contributed by atoms with Crippen LogP contribution >= 0.6 is 0 Å². The summed E-state index contributed by atoms with van der Waals surface area (Å²) in [7, 11) is -15.0. The Kier molecular flexibility index (Phi) is 26.0. The first-order chi connectivity index (χ1) is 16.8. The van der Waals surface area contributed by atoms with E-state index in [1.165, 1.54) is 0 Å². The number of nitrogens with one attached hydrogen (secondary N) is 3. The van der Waals surface area contributed by atoms with Gasteiger partial charge in [-0.25, -0.2) is 25.3 Å². The molecule has 0 aromatic heterocycles. The summed E-state index contributed by atoms with van der Waals surface area (Å²) in [6.07, 6.45) is 0.273. The van der Waals surface area contributed by atoms with Crippen LogP contribution in [-0.4, -0.2) is 91.5 Å². The number of carbonyl (C=O) groups excluding carboxylic acids is 3. The van der Waals surface area contributed by atoms with Crippen molar-refractivity contribution >= 4 is 48.1 Å². The van der Waals surface area contributed by atoms with Crippen LogP contribution in [0.4, 0.5) is 0 Å². The van der Waals surface area contributed by atoms with Gasteiger partial charge in [-0.1, -0.05) is 19.7 Å². The molecule has 0 saturated carbocycles. The smallest absolute Gasteiger partial charge is 0.748 e. The minimum absolute atomic E-state index is 0. The molecule has 0 aromatic carbocycles. The van der Waals surface area contributed by atoms with Crippen molar-refractivity contribution in [1.29, 1.82) is 0 Å². The number of hydrogen-bond acceptors (Lipinski definition) is 12. The maximum absolute atomic E-state index is 12.1. The minimum Gasteiger partial charge on any atom is -0.748 e. The second kappa shape index (κ2) is 22.0. The third kappa shape index (κ3) is 22.9. The van der Waals surface area contributed by atoms with Crippen LogP contribution in [0.3, 0.4) is 0 Å². The second-order valence-electron chi connectivity index (χ2n) is 7.77. The van der Waals surface area contributed by atoms with E-state index in [9.17, 15) is 53.3 Å². The zero-order valence-electron chi connectivity index (χ0n) is 22.5. The monoisotopic (exact) mass is 655 g/mol. The summed E-state index contributed by atoms with van der Waals surface area (Å²) in [6.45, 7) is 9.54. The van der Waals surface area contributed by atoms with E-state index in [1.807, 2.05) is 0 Å². The quantitative estimate of drug-likeness (QED) is 0.0707. The molecule has 4 unspecified atom stereocenters. The molecule has 0 rings (SSSR count). The number of hydrogen-bond donors (Lipinski definition) is 3. The van der Waals surface area contributed by atoms with Crippen LogP contribution in [0.15, 0.2) is 38.0 Å². The van der Waals surface area contributed by atoms with Crippen molar-refractivity contribution in [3.8, 4) is 0 Å². The van der Waals surface area contributed by atoms with Gasteiger partial charge in [0.05, 0.1) is 47.1 Å². The van der Waals surface area contributed by atoms with E-state index in [1.54, 1.807) is 0 Å². The molecule has 0 aliphatic carbocycles. The Morgan fingerprint density at radius 3 is 1.23 bits per heavy atom. The van der Waals surface area contributed by atoms with Gasteiger partial charge in [0.25, 0.3) is 0 Å². The maximum Gasteiger partial charge on any atom is 1.00 e. The van der Waals surface area contributed by atoms with Crippen molar-refractivity contribution in [1.82, 2.24) is 16.0 Å². The summed E-state index contributed by atoms with van der Waals surface area (Å²) in [4.78, 5) is 35.1. The first-order valence-corrected chi connectivity index (χ1v) is 15.0. The molecule has 0 bridgehead atoms. The molecule has 3 N–H and O–H groups in total. The van der Waals surface area contributed by atoms with Gasteiger partial charge in [0.2, 0.25) is 17.7 Å². The van der Waals surface area contributed by atoms with Gasteiger partial charge < -0.3 is 29.6 Å². The van der Waals surface area contributed by atoms with Gasteiger partial charge in [-0.3, -0.25) is 14.4 Å². The molecule has 0 aliphatic rings. The molecule has 3 amide bonds. The van der Waals surface area contributed by atoms with Gasteiger partial charge in [-0.2, -0.15) is 0 Å². The molecule has 21 heteroatoms. The topological polar surface area (TPSA) is 259 Å². The summed E-state index contributed by atoms with van der Waals surface area (Å²) < 4.78 is 103. The van der Waals surface area contributed by atoms with Gasteiger partial charge in [-0.15, -0.1) is 0 Å². The Hall–Kier alpha value is 0.360. The van der Waals surface area contributed by atoms with Crippen molar-refractivity contribution in [3.63, 3.8) is 0 Å². The van der Waals surface area contributed by atoms with Crippen LogP contribution in [0.1, 0.15) is 25.7 Å². The molecule has 212 valence electrons. The van der Waals surface area contributed by atoms with E-state index in [0.29, 0.717) is 0 Å². The van der Waals surface area contributed by atoms with E-state index >= 15 is 0 Å². The van der Waals surface area contributed by atoms with Crippen molar-refractivity contribution in [2.45, 2.75) is 49.1 Å². The fourth-order valence-corrected chi connectivity index (χ4v) is 5.81. The van der Waals surface area contributed by atoms with Crippen LogP contribution in [0.2, 0.25) is 0 Å². The Morgan fingerprint density at radius 1 is 0.600 bits per heavy atom. The molecule has 0 aliphatic heterocycles. The molecular weight excluding hydrogens is 627 g/mol. The zero-order valence-corrected chi connectivity index (χ0v) is 31.0. The van der Waals surface area contributed by atoms with Crippen LogP contribution in [-0.2, 0) is 44.7 Å². The summed E-state index contributed by atoms with van der Waals surface area (Å²) >= 11 is 0. The molecule has 0 heterocycles. The van der Waals surface area contributed by atoms with Crippen LogP contribution < -0.4 is 105 Å². The Labute approximate surface area is 300 Å². The summed E-state index contributed by atoms with van der Waals surface area (Å²) in [5, 5.41) is 4.54. The van der Waals surface area contributed by atoms with E-state index in [2.05, 4.69) is 35.7 Å². The first-order valence-electron chi connectivity index (χ1n) is 10.4. The van der Waals surface area contributed by atoms with E-state index in [-0.39, 0.29) is 88.7 Å². The van der Waals surface area contributed by atoms with E-state index in [0.717, 1.165) is 18.2 Å². The van der Waals surface area contributed by atoms with E-state index in [4.69, 9.17) is 0 Å². The Bertz CT molecular complexity index is 1200. The molecule has 0 spiro atoms. The molecule has 0 saturated heterocycles. The molecule has 15 nitrogen and oxygen atoms in total. The number of amides is 3. The van der Waals surface area contributed by atoms with Gasteiger partial charge in [0.1, 0.15) is 0 Å². The second-order valence-corrected chi connectivity index (χ2v) is 12.3. The minimum atomic E-state index is -5.25. The average molecular weight is 656 g/mol. The predicted octanol–water partition coefficient (Wildman–Crippen LogP) is -11.4. The van der Waals surface area contributed by atoms with Crippen molar-refractivity contribution in [3.05, 3.63) is 38.0 Å². The van der Waals surface area contributed by atoms with E-state index < -0.39 is 109 Å². The van der Waals surface area contributed by atoms with Crippen molar-refractivity contribution < 1.29 is 142 Å². The van der Waals surface area contributed by atoms with Gasteiger partial charge in [-0.05, 0) is 43.9 Å². The first kappa shape index (κ1) is 47.3. The Morgan fingerprint density at radius 2 is 0.925 bits per heavy atom. The maximum atomic E-state index is 12.1. The number of carbonyl (C=O) groups is 3. The van der Waals surface area contributed by atoms with Crippen molar-refractivity contribution in [2.24, 2.45) is 0 Å². The molecule has 0 radical (unpaired) electrons. The zero-order chi connectivity index (χ0) is 29.0. The Balaban J connectivity index is -0.00000216. The standard InChI is InChI=1S/C19H31N3O12S3.3Na/c1-4-17(23)20-13(11-35(26,27)28)7-9-15(22-19(25)6-3)16(37(32,33)34)10-8-14(12-36(29,30)31)21-18(24)5-2;;;/h4-6,13-16H,1-3,7-12H2,(H,20,23)(H,21,24)(H,22,25)(H,26,27,28)(H,29,30,31)(H,32,33,34);;;/q;3*+1/p-3. The summed E-state index contributed by atoms with van der Waals surface area (Å²) in [5.41, 5.74) is 0. The molecule has 0 fully saturated rings. The largest absolute Gasteiger partial charge is 1.00 e. The fraction of sp³-hybridized carbons (Fsp3) is 0.526. The molecule has 40 heavy (non-hydrogen) atoms.